The molecule has 0 saturated heterocycles. The molecule has 0 unspecified atom stereocenters. The molecular weight excluding hydrogens is 254 g/mol. The van der Waals surface area contributed by atoms with Crippen molar-refractivity contribution >= 4 is 23.3 Å². The number of carbonyl (C=O) groups is 1. The highest BCUT2D eigenvalue weighted by molar-refractivity contribution is 6.33. The van der Waals surface area contributed by atoms with Crippen LogP contribution < -0.4 is 5.73 Å². The van der Waals surface area contributed by atoms with E-state index in [0.717, 1.165) is 12.8 Å². The zero-order valence-electron chi connectivity index (χ0n) is 10.4. The number of hydrogen-bond acceptors (Lipinski definition) is 4. The Bertz CT molecular complexity index is 412. The molecule has 0 aliphatic carbocycles. The van der Waals surface area contributed by atoms with E-state index in [1.165, 1.54) is 4.90 Å². The Balaban J connectivity index is 2.90. The summed E-state index contributed by atoms with van der Waals surface area (Å²) >= 11 is 5.94. The highest BCUT2D eigenvalue weighted by atomic mass is 35.5. The van der Waals surface area contributed by atoms with Crippen LogP contribution in [0.4, 0.5) is 5.82 Å². The van der Waals surface area contributed by atoms with Crippen LogP contribution in [-0.4, -0.2) is 40.6 Å². The van der Waals surface area contributed by atoms with E-state index in [9.17, 15) is 4.79 Å². The van der Waals surface area contributed by atoms with Gasteiger partial charge in [-0.15, -0.1) is 0 Å². The lowest BCUT2D eigenvalue weighted by Crippen LogP contribution is -2.35. The zero-order valence-corrected chi connectivity index (χ0v) is 11.2. The second-order valence-corrected chi connectivity index (χ2v) is 4.34. The number of pyridine rings is 1. The third-order valence-corrected chi connectivity index (χ3v) is 2.81. The molecule has 0 saturated carbocycles. The summed E-state index contributed by atoms with van der Waals surface area (Å²) in [6, 6.07) is 3.09. The van der Waals surface area contributed by atoms with Gasteiger partial charge in [0.2, 0.25) is 0 Å². The lowest BCUT2D eigenvalue weighted by molar-refractivity contribution is 0.0714. The molecule has 6 heteroatoms. The van der Waals surface area contributed by atoms with Gasteiger partial charge in [0.15, 0.2) is 0 Å². The van der Waals surface area contributed by atoms with Crippen molar-refractivity contribution in [2.24, 2.45) is 0 Å². The van der Waals surface area contributed by atoms with E-state index in [1.54, 1.807) is 12.1 Å². The number of aromatic nitrogens is 1. The van der Waals surface area contributed by atoms with Gasteiger partial charge in [-0.3, -0.25) is 4.79 Å². The number of carbonyl (C=O) groups excluding carboxylic acids is 1. The number of hydrogen-bond donors (Lipinski definition) is 2. The molecule has 1 aromatic heterocycles. The van der Waals surface area contributed by atoms with E-state index >= 15 is 0 Å². The summed E-state index contributed by atoms with van der Waals surface area (Å²) in [6.07, 6.45) is 1.83. The van der Waals surface area contributed by atoms with Gasteiger partial charge in [0.1, 0.15) is 11.5 Å². The first-order valence-corrected chi connectivity index (χ1v) is 6.30. The summed E-state index contributed by atoms with van der Waals surface area (Å²) in [5.74, 6) is -0.0445. The molecule has 3 N–H and O–H groups in total. The third kappa shape index (κ3) is 3.85. The number of unbranched alkanes of at least 4 members (excludes halogenated alkanes) is 1. The van der Waals surface area contributed by atoms with Crippen molar-refractivity contribution in [3.05, 3.63) is 22.8 Å². The minimum atomic E-state index is -0.296. The number of nitrogens with zero attached hydrogens (tertiary/aromatic N) is 2. The molecular formula is C12H18ClN3O2. The minimum Gasteiger partial charge on any atom is -0.395 e. The first kappa shape index (κ1) is 14.7. The smallest absolute Gasteiger partial charge is 0.274 e. The standard InChI is InChI=1S/C12H18ClN3O2/c1-2-3-6-16(7-8-17)12(18)11-9(13)4-5-10(14)15-11/h4-5,17H,2-3,6-8H2,1H3,(H2,14,15). The molecule has 1 heterocycles. The number of halogens is 1. The molecule has 0 spiro atoms. The molecule has 0 aliphatic heterocycles. The van der Waals surface area contributed by atoms with Crippen molar-refractivity contribution in [2.45, 2.75) is 19.8 Å². The van der Waals surface area contributed by atoms with Gasteiger partial charge in [-0.1, -0.05) is 24.9 Å². The quantitative estimate of drug-likeness (QED) is 0.823. The maximum Gasteiger partial charge on any atom is 0.274 e. The highest BCUT2D eigenvalue weighted by Gasteiger charge is 2.19. The monoisotopic (exact) mass is 271 g/mol. The van der Waals surface area contributed by atoms with Crippen LogP contribution in [0.15, 0.2) is 12.1 Å². The summed E-state index contributed by atoms with van der Waals surface area (Å²) in [5, 5.41) is 9.26. The summed E-state index contributed by atoms with van der Waals surface area (Å²) < 4.78 is 0. The number of aliphatic hydroxyl groups is 1. The van der Waals surface area contributed by atoms with Crippen LogP contribution in [0.3, 0.4) is 0 Å². The Kier molecular flexibility index (Phi) is 5.88. The van der Waals surface area contributed by atoms with Crippen LogP contribution in [0.25, 0.3) is 0 Å². The van der Waals surface area contributed by atoms with E-state index in [2.05, 4.69) is 4.98 Å². The predicted octanol–water partition coefficient (Wildman–Crippen LogP) is 1.55. The van der Waals surface area contributed by atoms with Gasteiger partial charge in [-0.2, -0.15) is 0 Å². The van der Waals surface area contributed by atoms with Crippen molar-refractivity contribution in [2.75, 3.05) is 25.4 Å². The van der Waals surface area contributed by atoms with Gasteiger partial charge in [-0.25, -0.2) is 4.98 Å². The van der Waals surface area contributed by atoms with Gasteiger partial charge < -0.3 is 15.7 Å². The Morgan fingerprint density at radius 2 is 2.22 bits per heavy atom. The maximum absolute atomic E-state index is 12.2. The molecule has 1 rings (SSSR count). The molecule has 0 radical (unpaired) electrons. The topological polar surface area (TPSA) is 79.5 Å². The van der Waals surface area contributed by atoms with Gasteiger partial charge >= 0.3 is 0 Å². The Hall–Kier alpha value is -1.33. The van der Waals surface area contributed by atoms with E-state index in [-0.39, 0.29) is 35.6 Å². The van der Waals surface area contributed by atoms with Crippen LogP contribution in [0.2, 0.25) is 5.02 Å². The Morgan fingerprint density at radius 3 is 2.83 bits per heavy atom. The lowest BCUT2D eigenvalue weighted by Gasteiger charge is -2.21. The van der Waals surface area contributed by atoms with Crippen LogP contribution >= 0.6 is 11.6 Å². The maximum atomic E-state index is 12.2. The summed E-state index contributed by atoms with van der Waals surface area (Å²) in [7, 11) is 0. The fourth-order valence-corrected chi connectivity index (χ4v) is 1.73. The van der Waals surface area contributed by atoms with Crippen molar-refractivity contribution < 1.29 is 9.90 Å². The predicted molar refractivity (Wildman–Crippen MR) is 71.6 cm³/mol. The first-order chi connectivity index (χ1) is 8.60. The number of nitrogen functional groups attached to an aromatic ring is 1. The fraction of sp³-hybridized carbons (Fsp3) is 0.500. The van der Waals surface area contributed by atoms with Gasteiger partial charge in [0, 0.05) is 13.1 Å². The normalized spacial score (nSPS) is 10.4. The van der Waals surface area contributed by atoms with Crippen molar-refractivity contribution in [1.82, 2.24) is 9.88 Å². The second-order valence-electron chi connectivity index (χ2n) is 3.94. The van der Waals surface area contributed by atoms with E-state index < -0.39 is 0 Å². The number of amides is 1. The van der Waals surface area contributed by atoms with Crippen LogP contribution in [0.1, 0.15) is 30.3 Å². The minimum absolute atomic E-state index is 0.0879. The van der Waals surface area contributed by atoms with Crippen LogP contribution in [-0.2, 0) is 0 Å². The molecule has 100 valence electrons. The summed E-state index contributed by atoms with van der Waals surface area (Å²) in [6.45, 7) is 2.79. The molecule has 0 bridgehead atoms. The van der Waals surface area contributed by atoms with Gasteiger partial charge in [-0.05, 0) is 18.6 Å². The lowest BCUT2D eigenvalue weighted by atomic mass is 10.2. The summed E-state index contributed by atoms with van der Waals surface area (Å²) in [5.41, 5.74) is 5.69. The number of anilines is 1. The van der Waals surface area contributed by atoms with E-state index in [4.69, 9.17) is 22.4 Å². The van der Waals surface area contributed by atoms with Crippen molar-refractivity contribution in [1.29, 1.82) is 0 Å². The van der Waals surface area contributed by atoms with Gasteiger partial charge in [0.25, 0.3) is 5.91 Å². The number of rotatable bonds is 6. The molecule has 0 aromatic carbocycles. The molecule has 0 fully saturated rings. The van der Waals surface area contributed by atoms with Crippen LogP contribution in [0, 0.1) is 0 Å². The Labute approximate surface area is 112 Å². The van der Waals surface area contributed by atoms with Crippen LogP contribution in [0.5, 0.6) is 0 Å². The molecule has 5 nitrogen and oxygen atoms in total. The highest BCUT2D eigenvalue weighted by Crippen LogP contribution is 2.17. The largest absolute Gasteiger partial charge is 0.395 e. The summed E-state index contributed by atoms with van der Waals surface area (Å²) in [4.78, 5) is 17.7. The SMILES string of the molecule is CCCCN(CCO)C(=O)c1nc(N)ccc1Cl. The van der Waals surface area contributed by atoms with E-state index in [0.29, 0.717) is 6.54 Å². The molecule has 0 atom stereocenters. The van der Waals surface area contributed by atoms with E-state index in [1.807, 2.05) is 6.92 Å². The molecule has 1 aromatic rings. The zero-order chi connectivity index (χ0) is 13.5. The first-order valence-electron chi connectivity index (χ1n) is 5.92. The fourth-order valence-electron chi connectivity index (χ4n) is 1.54. The van der Waals surface area contributed by atoms with Gasteiger partial charge in [0.05, 0.1) is 11.6 Å². The third-order valence-electron chi connectivity index (χ3n) is 2.51. The number of nitrogens with two attached hydrogens (primary N) is 1. The van der Waals surface area contributed by atoms with Crippen molar-refractivity contribution in [3.63, 3.8) is 0 Å². The Morgan fingerprint density at radius 1 is 1.50 bits per heavy atom. The second kappa shape index (κ2) is 7.18. The number of aliphatic hydroxyl groups excluding tert-OH is 1. The molecule has 0 aliphatic rings. The molecule has 18 heavy (non-hydrogen) atoms. The van der Waals surface area contributed by atoms with Crippen molar-refractivity contribution in [3.8, 4) is 0 Å². The average molecular weight is 272 g/mol. The average Bonchev–Trinajstić information content (AvgIpc) is 2.36. The molecule has 1 amide bonds.